The lowest BCUT2D eigenvalue weighted by atomic mass is 9.97. The molecule has 26 heavy (non-hydrogen) atoms. The van der Waals surface area contributed by atoms with Gasteiger partial charge in [-0.05, 0) is 52.0 Å². The molecule has 0 bridgehead atoms. The van der Waals surface area contributed by atoms with E-state index in [-0.39, 0.29) is 5.91 Å². The molecule has 0 aromatic carbocycles. The van der Waals surface area contributed by atoms with Gasteiger partial charge in [0.05, 0.1) is 11.1 Å². The van der Waals surface area contributed by atoms with Crippen LogP contribution in [0.1, 0.15) is 43.0 Å². The van der Waals surface area contributed by atoms with Crippen molar-refractivity contribution in [3.05, 3.63) is 16.3 Å². The van der Waals surface area contributed by atoms with Crippen LogP contribution >= 0.6 is 23.1 Å². The van der Waals surface area contributed by atoms with Crippen molar-refractivity contribution in [1.29, 1.82) is 0 Å². The third kappa shape index (κ3) is 2.89. The van der Waals surface area contributed by atoms with Gasteiger partial charge in [0.25, 0.3) is 0 Å². The number of carbonyl (C=O) groups excluding carboxylic acids is 1. The van der Waals surface area contributed by atoms with E-state index in [0.717, 1.165) is 47.4 Å². The smallest absolute Gasteiger partial charge is 0.233 e. The largest absolute Gasteiger partial charge is 0.343 e. The first-order valence-corrected chi connectivity index (χ1v) is 11.0. The molecule has 3 heterocycles. The summed E-state index contributed by atoms with van der Waals surface area (Å²) in [5.74, 6) is 1.40. The highest BCUT2D eigenvalue weighted by molar-refractivity contribution is 7.99. The molecule has 0 N–H and O–H groups in total. The van der Waals surface area contributed by atoms with E-state index in [1.807, 2.05) is 30.1 Å². The lowest BCUT2D eigenvalue weighted by Gasteiger charge is -2.17. The van der Waals surface area contributed by atoms with Gasteiger partial charge in [-0.3, -0.25) is 9.20 Å². The van der Waals surface area contributed by atoms with E-state index >= 15 is 0 Å². The zero-order valence-electron chi connectivity index (χ0n) is 15.4. The molecule has 1 aliphatic rings. The Balaban J connectivity index is 1.72. The standard InChI is InChI=1S/C18H23N5OS2/c1-4-22(5-2)14(24)10-25-18-21-20-16-15-12-8-6-7-9-13(12)26-17(15)19-11(3)23(16)18/h4-10H2,1-3H3. The average molecular weight is 390 g/mol. The minimum Gasteiger partial charge on any atom is -0.343 e. The van der Waals surface area contributed by atoms with Crippen molar-refractivity contribution in [3.8, 4) is 0 Å². The van der Waals surface area contributed by atoms with Crippen molar-refractivity contribution < 1.29 is 4.79 Å². The summed E-state index contributed by atoms with van der Waals surface area (Å²) in [5, 5.41) is 10.8. The monoisotopic (exact) mass is 389 g/mol. The van der Waals surface area contributed by atoms with Gasteiger partial charge in [0.1, 0.15) is 10.7 Å². The van der Waals surface area contributed by atoms with E-state index in [1.165, 1.54) is 40.4 Å². The van der Waals surface area contributed by atoms with Crippen LogP contribution in [0.25, 0.3) is 15.9 Å². The fraction of sp³-hybridized carbons (Fsp3) is 0.556. The minimum absolute atomic E-state index is 0.136. The topological polar surface area (TPSA) is 63.4 Å². The normalized spacial score (nSPS) is 14.1. The maximum Gasteiger partial charge on any atom is 0.233 e. The number of hydrogen-bond donors (Lipinski definition) is 0. The number of hydrogen-bond acceptors (Lipinski definition) is 6. The number of aromatic nitrogens is 4. The Morgan fingerprint density at radius 1 is 1.23 bits per heavy atom. The lowest BCUT2D eigenvalue weighted by molar-refractivity contribution is -0.127. The number of rotatable bonds is 5. The highest BCUT2D eigenvalue weighted by atomic mass is 32.2. The number of fused-ring (bicyclic) bond motifs is 5. The van der Waals surface area contributed by atoms with E-state index in [1.54, 1.807) is 11.3 Å². The van der Waals surface area contributed by atoms with Gasteiger partial charge in [-0.2, -0.15) is 0 Å². The second-order valence-corrected chi connectivity index (χ2v) is 8.57. The minimum atomic E-state index is 0.136. The molecule has 3 aromatic heterocycles. The fourth-order valence-electron chi connectivity index (χ4n) is 3.67. The van der Waals surface area contributed by atoms with Crippen molar-refractivity contribution >= 4 is 44.9 Å². The summed E-state index contributed by atoms with van der Waals surface area (Å²) in [6, 6.07) is 0. The van der Waals surface area contributed by atoms with Crippen molar-refractivity contribution in [3.63, 3.8) is 0 Å². The van der Waals surface area contributed by atoms with Crippen LogP contribution in [0.4, 0.5) is 0 Å². The van der Waals surface area contributed by atoms with E-state index < -0.39 is 0 Å². The van der Waals surface area contributed by atoms with E-state index in [2.05, 4.69) is 10.2 Å². The number of amides is 1. The molecule has 0 saturated heterocycles. The van der Waals surface area contributed by atoms with E-state index in [0.29, 0.717) is 5.75 Å². The molecule has 0 atom stereocenters. The van der Waals surface area contributed by atoms with Crippen LogP contribution in [-0.2, 0) is 17.6 Å². The molecule has 4 rings (SSSR count). The predicted octanol–water partition coefficient (Wildman–Crippen LogP) is 3.49. The van der Waals surface area contributed by atoms with Crippen LogP contribution in [0.5, 0.6) is 0 Å². The quantitative estimate of drug-likeness (QED) is 0.625. The van der Waals surface area contributed by atoms with Gasteiger partial charge in [-0.15, -0.1) is 21.5 Å². The van der Waals surface area contributed by atoms with Crippen molar-refractivity contribution in [2.24, 2.45) is 0 Å². The Bertz CT molecular complexity index is 973. The molecular formula is C18H23N5OS2. The molecule has 3 aromatic rings. The number of carbonyl (C=O) groups is 1. The maximum absolute atomic E-state index is 12.3. The Labute approximate surface area is 161 Å². The summed E-state index contributed by atoms with van der Waals surface area (Å²) in [5.41, 5.74) is 2.31. The van der Waals surface area contributed by atoms with Gasteiger partial charge >= 0.3 is 0 Å². The fourth-order valence-corrected chi connectivity index (χ4v) is 5.85. The van der Waals surface area contributed by atoms with Crippen LogP contribution in [-0.4, -0.2) is 49.2 Å². The number of thiophene rings is 1. The zero-order chi connectivity index (χ0) is 18.3. The molecule has 0 unspecified atom stereocenters. The third-order valence-corrected chi connectivity index (χ3v) is 7.14. The highest BCUT2D eigenvalue weighted by Crippen LogP contribution is 2.38. The first-order valence-electron chi connectivity index (χ1n) is 9.20. The van der Waals surface area contributed by atoms with Gasteiger partial charge < -0.3 is 4.90 Å². The van der Waals surface area contributed by atoms with Gasteiger partial charge in [0, 0.05) is 18.0 Å². The Hall–Kier alpha value is -1.67. The Morgan fingerprint density at radius 3 is 2.77 bits per heavy atom. The van der Waals surface area contributed by atoms with Crippen LogP contribution in [0.15, 0.2) is 5.16 Å². The average Bonchev–Trinajstić information content (AvgIpc) is 3.22. The summed E-state index contributed by atoms with van der Waals surface area (Å²) >= 11 is 3.25. The summed E-state index contributed by atoms with van der Waals surface area (Å²) in [6.07, 6.45) is 4.74. The molecule has 0 saturated carbocycles. The SMILES string of the molecule is CCN(CC)C(=O)CSc1nnc2c3c4c(sc3nc(C)n12)CCCC4. The molecule has 8 heteroatoms. The number of aryl methyl sites for hydroxylation is 3. The van der Waals surface area contributed by atoms with Crippen LogP contribution in [0.3, 0.4) is 0 Å². The molecule has 6 nitrogen and oxygen atoms in total. The summed E-state index contributed by atoms with van der Waals surface area (Å²) in [7, 11) is 0. The highest BCUT2D eigenvalue weighted by Gasteiger charge is 2.23. The first kappa shape index (κ1) is 17.7. The summed E-state index contributed by atoms with van der Waals surface area (Å²) < 4.78 is 2.02. The molecule has 0 fully saturated rings. The predicted molar refractivity (Wildman–Crippen MR) is 106 cm³/mol. The zero-order valence-corrected chi connectivity index (χ0v) is 17.0. The second-order valence-electron chi connectivity index (χ2n) is 6.55. The number of thioether (sulfide) groups is 1. The summed E-state index contributed by atoms with van der Waals surface area (Å²) in [4.78, 5) is 21.5. The number of nitrogens with zero attached hydrogens (tertiary/aromatic N) is 5. The van der Waals surface area contributed by atoms with Gasteiger partial charge in [0.15, 0.2) is 10.8 Å². The van der Waals surface area contributed by atoms with Crippen LogP contribution < -0.4 is 0 Å². The molecule has 1 amide bonds. The van der Waals surface area contributed by atoms with Crippen LogP contribution in [0.2, 0.25) is 0 Å². The summed E-state index contributed by atoms with van der Waals surface area (Å²) in [6.45, 7) is 7.47. The van der Waals surface area contributed by atoms with E-state index in [4.69, 9.17) is 4.98 Å². The van der Waals surface area contributed by atoms with Crippen molar-refractivity contribution in [1.82, 2.24) is 24.5 Å². The van der Waals surface area contributed by atoms with E-state index in [9.17, 15) is 4.79 Å². The molecule has 1 aliphatic carbocycles. The Morgan fingerprint density at radius 2 is 2.00 bits per heavy atom. The molecule has 138 valence electrons. The third-order valence-electron chi connectivity index (χ3n) is 5.04. The molecular weight excluding hydrogens is 366 g/mol. The molecule has 0 spiro atoms. The van der Waals surface area contributed by atoms with Gasteiger partial charge in [-0.1, -0.05) is 11.8 Å². The second kappa shape index (κ2) is 7.15. The lowest BCUT2D eigenvalue weighted by Crippen LogP contribution is -2.31. The van der Waals surface area contributed by atoms with Crippen molar-refractivity contribution in [2.45, 2.75) is 51.6 Å². The maximum atomic E-state index is 12.3. The van der Waals surface area contributed by atoms with Gasteiger partial charge in [0.2, 0.25) is 5.91 Å². The van der Waals surface area contributed by atoms with Gasteiger partial charge in [-0.25, -0.2) is 4.98 Å². The molecule has 0 aliphatic heterocycles. The first-order chi connectivity index (χ1) is 12.6. The molecule has 0 radical (unpaired) electrons. The van der Waals surface area contributed by atoms with Crippen molar-refractivity contribution in [2.75, 3.05) is 18.8 Å². The Kier molecular flexibility index (Phi) is 4.88. The van der Waals surface area contributed by atoms with Crippen LogP contribution in [0, 0.1) is 6.92 Å².